The fourth-order valence-electron chi connectivity index (χ4n) is 2.98. The number of hydrogen-bond acceptors (Lipinski definition) is 6. The third-order valence-electron chi connectivity index (χ3n) is 4.46. The zero-order valence-corrected chi connectivity index (χ0v) is 14.7. The molecule has 134 valence electrons. The summed E-state index contributed by atoms with van der Waals surface area (Å²) in [6.07, 6.45) is 6.15. The molecular weight excluding hydrogens is 344 g/mol. The van der Waals surface area contributed by atoms with E-state index >= 15 is 0 Å². The van der Waals surface area contributed by atoms with E-state index in [9.17, 15) is 13.2 Å². The summed E-state index contributed by atoms with van der Waals surface area (Å²) in [7, 11) is -1.94. The molecule has 0 spiro atoms. The van der Waals surface area contributed by atoms with Gasteiger partial charge < -0.3 is 4.42 Å². The number of nitrogens with one attached hydrogen (secondary N) is 1. The maximum Gasteiger partial charge on any atom is 0.322 e. The first-order chi connectivity index (χ1) is 12.0. The molecule has 1 aliphatic rings. The Kier molecular flexibility index (Phi) is 5.14. The van der Waals surface area contributed by atoms with Gasteiger partial charge in [-0.05, 0) is 37.1 Å². The molecule has 2 aromatic rings. The van der Waals surface area contributed by atoms with Crippen LogP contribution in [0.1, 0.15) is 42.5 Å². The lowest BCUT2D eigenvalue weighted by atomic mass is 9.96. The van der Waals surface area contributed by atoms with Crippen molar-refractivity contribution in [2.24, 2.45) is 0 Å². The van der Waals surface area contributed by atoms with Gasteiger partial charge in [0.25, 0.3) is 5.91 Å². The van der Waals surface area contributed by atoms with Crippen molar-refractivity contribution in [3.05, 3.63) is 36.2 Å². The molecule has 1 N–H and O–H groups in total. The van der Waals surface area contributed by atoms with Crippen LogP contribution in [0.2, 0.25) is 0 Å². The Balaban J connectivity index is 1.73. The molecule has 0 saturated heterocycles. The number of carbonyl (C=O) groups excluding carboxylic acids is 1. The Morgan fingerprint density at radius 2 is 1.88 bits per heavy atom. The molecule has 0 aliphatic heterocycles. The molecule has 1 aromatic heterocycles. The smallest absolute Gasteiger partial charge is 0.322 e. The lowest BCUT2D eigenvalue weighted by molar-refractivity contribution is 0.102. The molecule has 0 atom stereocenters. The lowest BCUT2D eigenvalue weighted by Crippen LogP contribution is -2.38. The molecule has 0 unspecified atom stereocenters. The van der Waals surface area contributed by atoms with E-state index in [2.05, 4.69) is 15.5 Å². The zero-order chi connectivity index (χ0) is 17.9. The van der Waals surface area contributed by atoms with Crippen LogP contribution in [0.4, 0.5) is 6.01 Å². The minimum Gasteiger partial charge on any atom is -0.411 e. The highest BCUT2D eigenvalue weighted by molar-refractivity contribution is 7.89. The van der Waals surface area contributed by atoms with Crippen molar-refractivity contribution in [3.63, 3.8) is 0 Å². The predicted octanol–water partition coefficient (Wildman–Crippen LogP) is 2.28. The fraction of sp³-hybridized carbons (Fsp3) is 0.438. The summed E-state index contributed by atoms with van der Waals surface area (Å²) >= 11 is 0. The van der Waals surface area contributed by atoms with Crippen molar-refractivity contribution in [1.82, 2.24) is 14.5 Å². The summed E-state index contributed by atoms with van der Waals surface area (Å²) < 4.78 is 31.8. The van der Waals surface area contributed by atoms with E-state index < -0.39 is 15.9 Å². The average molecular weight is 364 g/mol. The van der Waals surface area contributed by atoms with E-state index in [4.69, 9.17) is 4.42 Å². The molecule has 1 saturated carbocycles. The van der Waals surface area contributed by atoms with E-state index in [0.29, 0.717) is 5.56 Å². The molecule has 9 heteroatoms. The monoisotopic (exact) mass is 364 g/mol. The standard InChI is InChI=1S/C16H20N4O4S/c1-20(13-5-3-2-4-6-13)25(22,23)14-9-7-12(8-10-14)15(21)18-16-19-17-11-24-16/h7-11,13H,2-6H2,1H3,(H,18,19,21). The van der Waals surface area contributed by atoms with Crippen LogP contribution in [0.15, 0.2) is 40.0 Å². The molecule has 8 nitrogen and oxygen atoms in total. The van der Waals surface area contributed by atoms with E-state index in [1.807, 2.05) is 0 Å². The molecule has 1 aliphatic carbocycles. The largest absolute Gasteiger partial charge is 0.411 e. The second-order valence-corrected chi connectivity index (χ2v) is 8.03. The molecule has 0 bridgehead atoms. The molecule has 1 heterocycles. The number of benzene rings is 1. The van der Waals surface area contributed by atoms with Crippen LogP contribution < -0.4 is 5.32 Å². The Bertz CT molecular complexity index is 812. The molecule has 25 heavy (non-hydrogen) atoms. The van der Waals surface area contributed by atoms with Gasteiger partial charge in [-0.3, -0.25) is 10.1 Å². The van der Waals surface area contributed by atoms with Crippen LogP contribution >= 0.6 is 0 Å². The SMILES string of the molecule is CN(C1CCCCC1)S(=O)(=O)c1ccc(C(=O)Nc2nnco2)cc1. The van der Waals surface area contributed by atoms with Gasteiger partial charge in [-0.1, -0.05) is 24.4 Å². The van der Waals surface area contributed by atoms with Crippen molar-refractivity contribution in [1.29, 1.82) is 0 Å². The molecule has 1 fully saturated rings. The molecular formula is C16H20N4O4S. The highest BCUT2D eigenvalue weighted by Crippen LogP contribution is 2.26. The van der Waals surface area contributed by atoms with E-state index in [1.54, 1.807) is 7.05 Å². The summed E-state index contributed by atoms with van der Waals surface area (Å²) in [5.41, 5.74) is 0.303. The summed E-state index contributed by atoms with van der Waals surface area (Å²) in [4.78, 5) is 12.2. The number of aromatic nitrogens is 2. The van der Waals surface area contributed by atoms with E-state index in [0.717, 1.165) is 38.5 Å². The van der Waals surface area contributed by atoms with Gasteiger partial charge in [-0.2, -0.15) is 4.31 Å². The summed E-state index contributed by atoms with van der Waals surface area (Å²) in [5, 5.41) is 9.46. The maximum absolute atomic E-state index is 12.8. The van der Waals surface area contributed by atoms with Gasteiger partial charge in [0, 0.05) is 18.7 Å². The van der Waals surface area contributed by atoms with Gasteiger partial charge in [0.1, 0.15) is 0 Å². The van der Waals surface area contributed by atoms with Crippen LogP contribution in [0, 0.1) is 0 Å². The first-order valence-corrected chi connectivity index (χ1v) is 9.58. The first-order valence-electron chi connectivity index (χ1n) is 8.14. The number of anilines is 1. The quantitative estimate of drug-likeness (QED) is 0.872. The number of amides is 1. The van der Waals surface area contributed by atoms with Crippen molar-refractivity contribution < 1.29 is 17.6 Å². The van der Waals surface area contributed by atoms with Crippen molar-refractivity contribution in [2.75, 3.05) is 12.4 Å². The van der Waals surface area contributed by atoms with Crippen LogP contribution in [0.5, 0.6) is 0 Å². The topological polar surface area (TPSA) is 105 Å². The highest BCUT2D eigenvalue weighted by atomic mass is 32.2. The Morgan fingerprint density at radius 3 is 2.48 bits per heavy atom. The molecule has 1 aromatic carbocycles. The summed E-state index contributed by atoms with van der Waals surface area (Å²) in [6.45, 7) is 0. The van der Waals surface area contributed by atoms with Gasteiger partial charge in [0.15, 0.2) is 0 Å². The van der Waals surface area contributed by atoms with Crippen molar-refractivity contribution >= 4 is 21.9 Å². The maximum atomic E-state index is 12.8. The molecule has 1 amide bonds. The first kappa shape index (κ1) is 17.6. The second-order valence-electron chi connectivity index (χ2n) is 6.04. The Morgan fingerprint density at radius 1 is 1.20 bits per heavy atom. The third kappa shape index (κ3) is 3.88. The number of nitrogens with zero attached hydrogens (tertiary/aromatic N) is 3. The number of sulfonamides is 1. The fourth-order valence-corrected chi connectivity index (χ4v) is 4.40. The van der Waals surface area contributed by atoms with Gasteiger partial charge in [-0.25, -0.2) is 8.42 Å². The summed E-state index contributed by atoms with van der Waals surface area (Å²) in [5.74, 6) is -0.450. The second kappa shape index (κ2) is 7.32. The van der Waals surface area contributed by atoms with Crippen molar-refractivity contribution in [2.45, 2.75) is 43.0 Å². The average Bonchev–Trinajstić information content (AvgIpc) is 3.15. The minimum absolute atomic E-state index is 0.0151. The van der Waals surface area contributed by atoms with Crippen LogP contribution in [-0.2, 0) is 10.0 Å². The Labute approximate surface area is 146 Å². The predicted molar refractivity (Wildman–Crippen MR) is 90.5 cm³/mol. The lowest BCUT2D eigenvalue weighted by Gasteiger charge is -2.30. The minimum atomic E-state index is -3.57. The number of rotatable bonds is 5. The van der Waals surface area contributed by atoms with Crippen LogP contribution in [-0.4, -0.2) is 41.9 Å². The van der Waals surface area contributed by atoms with Crippen molar-refractivity contribution in [3.8, 4) is 0 Å². The van der Waals surface area contributed by atoms with E-state index in [1.165, 1.54) is 28.6 Å². The molecule has 3 rings (SSSR count). The third-order valence-corrected chi connectivity index (χ3v) is 6.39. The highest BCUT2D eigenvalue weighted by Gasteiger charge is 2.29. The normalized spacial score (nSPS) is 16.1. The number of hydrogen-bond donors (Lipinski definition) is 1. The van der Waals surface area contributed by atoms with E-state index in [-0.39, 0.29) is 17.0 Å². The summed E-state index contributed by atoms with van der Waals surface area (Å²) in [6, 6.07) is 5.84. The van der Waals surface area contributed by atoms with Gasteiger partial charge in [0.05, 0.1) is 4.90 Å². The zero-order valence-electron chi connectivity index (χ0n) is 13.9. The molecule has 0 radical (unpaired) electrons. The Hall–Kier alpha value is -2.26. The van der Waals surface area contributed by atoms with Crippen LogP contribution in [0.25, 0.3) is 0 Å². The van der Waals surface area contributed by atoms with Gasteiger partial charge >= 0.3 is 6.01 Å². The van der Waals surface area contributed by atoms with Gasteiger partial charge in [0.2, 0.25) is 16.4 Å². The van der Waals surface area contributed by atoms with Crippen LogP contribution in [0.3, 0.4) is 0 Å². The number of carbonyl (C=O) groups is 1. The van der Waals surface area contributed by atoms with Gasteiger partial charge in [-0.15, -0.1) is 5.10 Å².